The van der Waals surface area contributed by atoms with Gasteiger partial charge in [0.05, 0.1) is 21.7 Å². The van der Waals surface area contributed by atoms with Crippen molar-refractivity contribution >= 4 is 48.9 Å². The largest absolute Gasteiger partial charge is 0.459 e. The lowest BCUT2D eigenvalue weighted by Crippen LogP contribution is -2.15. The normalized spacial score (nSPS) is 13.1. The molecule has 0 radical (unpaired) electrons. The summed E-state index contributed by atoms with van der Waals surface area (Å²) in [6.07, 6.45) is 0.268. The second-order valence-corrected chi connectivity index (χ2v) is 7.12. The number of carbonyl (C=O) groups is 1. The van der Waals surface area contributed by atoms with E-state index in [1.807, 2.05) is 6.92 Å². The van der Waals surface area contributed by atoms with Gasteiger partial charge in [0.2, 0.25) is 0 Å². The lowest BCUT2D eigenvalue weighted by molar-refractivity contribution is 0.0334. The molecule has 1 aromatic carbocycles. The molecule has 1 rings (SSSR count). The number of rotatable bonds is 4. The van der Waals surface area contributed by atoms with Gasteiger partial charge in [-0.05, 0) is 25.5 Å². The molecule has 0 saturated carbocycles. The van der Waals surface area contributed by atoms with Gasteiger partial charge < -0.3 is 4.74 Å². The molecule has 0 aliphatic rings. The first-order valence-corrected chi connectivity index (χ1v) is 8.38. The molecule has 1 atom stereocenters. The zero-order chi connectivity index (χ0) is 14.8. The van der Waals surface area contributed by atoms with Gasteiger partial charge >= 0.3 is 5.97 Å². The van der Waals surface area contributed by atoms with Crippen molar-refractivity contribution in [1.82, 2.24) is 0 Å². The summed E-state index contributed by atoms with van der Waals surface area (Å²) < 4.78 is 27.7. The molecule has 4 nitrogen and oxygen atoms in total. The topological polar surface area (TPSA) is 60.4 Å². The highest BCUT2D eigenvalue weighted by molar-refractivity contribution is 8.13. The Morgan fingerprint density at radius 3 is 2.42 bits per heavy atom. The number of halogens is 3. The van der Waals surface area contributed by atoms with Crippen molar-refractivity contribution in [2.75, 3.05) is 0 Å². The first-order chi connectivity index (χ1) is 8.68. The Balaban J connectivity index is 3.32. The summed E-state index contributed by atoms with van der Waals surface area (Å²) in [5.41, 5.74) is -0.203. The maximum atomic E-state index is 11.9. The molecule has 0 aromatic heterocycles. The van der Waals surface area contributed by atoms with Crippen LogP contribution in [0.3, 0.4) is 0 Å². The summed E-state index contributed by atoms with van der Waals surface area (Å²) >= 11 is 11.7. The first-order valence-electron chi connectivity index (χ1n) is 5.32. The fourth-order valence-electron chi connectivity index (χ4n) is 1.23. The predicted molar refractivity (Wildman–Crippen MR) is 74.7 cm³/mol. The summed E-state index contributed by atoms with van der Waals surface area (Å²) in [6, 6.07) is 2.36. The van der Waals surface area contributed by atoms with E-state index in [9.17, 15) is 13.2 Å². The van der Waals surface area contributed by atoms with Gasteiger partial charge in [-0.15, -0.1) is 0 Å². The van der Waals surface area contributed by atoms with Gasteiger partial charge in [0.15, 0.2) is 0 Å². The van der Waals surface area contributed by atoms with Crippen LogP contribution in [0, 0.1) is 0 Å². The van der Waals surface area contributed by atoms with Crippen molar-refractivity contribution in [2.45, 2.75) is 31.3 Å². The average Bonchev–Trinajstić information content (AvgIpc) is 2.26. The van der Waals surface area contributed by atoms with E-state index in [-0.39, 0.29) is 26.6 Å². The zero-order valence-corrected chi connectivity index (χ0v) is 13.2. The number of hydrogen-bond acceptors (Lipinski definition) is 4. The maximum Gasteiger partial charge on any atom is 0.341 e. The highest BCUT2D eigenvalue weighted by atomic mass is 35.7. The summed E-state index contributed by atoms with van der Waals surface area (Å²) in [7, 11) is 1.15. The lowest BCUT2D eigenvalue weighted by atomic mass is 10.2. The fourth-order valence-corrected chi connectivity index (χ4v) is 3.11. The van der Waals surface area contributed by atoms with Crippen LogP contribution in [-0.2, 0) is 13.8 Å². The van der Waals surface area contributed by atoms with Gasteiger partial charge in [-0.3, -0.25) is 0 Å². The van der Waals surface area contributed by atoms with Crippen molar-refractivity contribution in [2.24, 2.45) is 0 Å². The van der Waals surface area contributed by atoms with Crippen LogP contribution in [0.4, 0.5) is 0 Å². The Labute approximate surface area is 126 Å². The molecule has 8 heteroatoms. The van der Waals surface area contributed by atoms with E-state index in [1.54, 1.807) is 6.92 Å². The second-order valence-electron chi connectivity index (χ2n) is 3.80. The van der Waals surface area contributed by atoms with Gasteiger partial charge in [0.25, 0.3) is 9.05 Å². The molecule has 0 bridgehead atoms. The summed E-state index contributed by atoms with van der Waals surface area (Å²) in [6.45, 7) is 3.53. The van der Waals surface area contributed by atoms with E-state index >= 15 is 0 Å². The van der Waals surface area contributed by atoms with E-state index in [4.69, 9.17) is 38.6 Å². The van der Waals surface area contributed by atoms with Gasteiger partial charge in [-0.1, -0.05) is 30.1 Å². The van der Waals surface area contributed by atoms with Crippen LogP contribution in [-0.4, -0.2) is 20.5 Å². The van der Waals surface area contributed by atoms with Crippen molar-refractivity contribution in [3.63, 3.8) is 0 Å². The predicted octanol–water partition coefficient (Wildman–Crippen LogP) is 3.88. The molecule has 0 heterocycles. The highest BCUT2D eigenvalue weighted by Crippen LogP contribution is 2.33. The Morgan fingerprint density at radius 2 is 1.95 bits per heavy atom. The van der Waals surface area contributed by atoms with Crippen LogP contribution in [0.15, 0.2) is 17.0 Å². The van der Waals surface area contributed by atoms with Crippen LogP contribution in [0.25, 0.3) is 0 Å². The van der Waals surface area contributed by atoms with E-state index in [2.05, 4.69) is 0 Å². The molecule has 0 aliphatic heterocycles. The van der Waals surface area contributed by atoms with Crippen LogP contribution >= 0.6 is 33.9 Å². The van der Waals surface area contributed by atoms with E-state index in [0.29, 0.717) is 6.42 Å². The van der Waals surface area contributed by atoms with Crippen molar-refractivity contribution in [3.8, 4) is 0 Å². The third kappa shape index (κ3) is 3.99. The number of benzene rings is 1. The SMILES string of the molecule is CCC(C)OC(=O)c1c(Cl)ccc(S(=O)(=O)Cl)c1Cl. The van der Waals surface area contributed by atoms with Gasteiger partial charge in [0, 0.05) is 10.7 Å². The minimum atomic E-state index is -4.07. The Kier molecular flexibility index (Phi) is 5.50. The molecular weight excluding hydrogens is 335 g/mol. The summed E-state index contributed by atoms with van der Waals surface area (Å²) in [4.78, 5) is 11.5. The van der Waals surface area contributed by atoms with Gasteiger partial charge in [-0.2, -0.15) is 0 Å². The molecule has 0 fully saturated rings. The number of ether oxygens (including phenoxy) is 1. The fraction of sp³-hybridized carbons (Fsp3) is 0.364. The smallest absolute Gasteiger partial charge is 0.341 e. The highest BCUT2D eigenvalue weighted by Gasteiger charge is 2.25. The summed E-state index contributed by atoms with van der Waals surface area (Å²) in [5, 5.41) is -0.335. The van der Waals surface area contributed by atoms with Crippen molar-refractivity contribution < 1.29 is 17.9 Å². The number of carbonyl (C=O) groups excluding carboxylic acids is 1. The molecule has 0 N–H and O–H groups in total. The second kappa shape index (κ2) is 6.31. The molecule has 1 unspecified atom stereocenters. The average molecular weight is 346 g/mol. The molecule has 0 spiro atoms. The maximum absolute atomic E-state index is 11.9. The molecule has 0 saturated heterocycles. The minimum absolute atomic E-state index is 0.00219. The van der Waals surface area contributed by atoms with Crippen LogP contribution < -0.4 is 0 Å². The molecular formula is C11H11Cl3O4S. The minimum Gasteiger partial charge on any atom is -0.459 e. The number of esters is 1. The standard InChI is InChI=1S/C11H11Cl3O4S/c1-3-6(2)18-11(15)9-7(12)4-5-8(10(9)13)19(14,16)17/h4-6H,3H2,1-2H3. The third-order valence-electron chi connectivity index (χ3n) is 2.41. The first kappa shape index (κ1) is 16.6. The Morgan fingerprint density at radius 1 is 1.37 bits per heavy atom. The molecule has 19 heavy (non-hydrogen) atoms. The number of hydrogen-bond donors (Lipinski definition) is 0. The monoisotopic (exact) mass is 344 g/mol. The van der Waals surface area contributed by atoms with E-state index in [1.165, 1.54) is 6.07 Å². The Bertz CT molecular complexity index is 598. The summed E-state index contributed by atoms with van der Waals surface area (Å²) in [5.74, 6) is -0.786. The van der Waals surface area contributed by atoms with Crippen LogP contribution in [0.5, 0.6) is 0 Å². The van der Waals surface area contributed by atoms with Crippen molar-refractivity contribution in [3.05, 3.63) is 27.7 Å². The quantitative estimate of drug-likeness (QED) is 0.614. The van der Waals surface area contributed by atoms with Crippen molar-refractivity contribution in [1.29, 1.82) is 0 Å². The molecule has 106 valence electrons. The molecule has 0 aliphatic carbocycles. The zero-order valence-electron chi connectivity index (χ0n) is 10.1. The van der Waals surface area contributed by atoms with E-state index in [0.717, 1.165) is 6.07 Å². The third-order valence-corrected chi connectivity index (χ3v) is 4.59. The molecule has 1 aromatic rings. The van der Waals surface area contributed by atoms with Gasteiger partial charge in [0.1, 0.15) is 4.90 Å². The van der Waals surface area contributed by atoms with E-state index < -0.39 is 15.0 Å². The van der Waals surface area contributed by atoms with Crippen LogP contribution in [0.1, 0.15) is 30.6 Å². The van der Waals surface area contributed by atoms with Crippen LogP contribution in [0.2, 0.25) is 10.0 Å². The molecule has 0 amide bonds. The van der Waals surface area contributed by atoms with Gasteiger partial charge in [-0.25, -0.2) is 13.2 Å². The Hall–Kier alpha value is -0.490. The lowest BCUT2D eigenvalue weighted by Gasteiger charge is -2.13.